The van der Waals surface area contributed by atoms with Crippen LogP contribution in [0.3, 0.4) is 0 Å². The van der Waals surface area contributed by atoms with Gasteiger partial charge >= 0.3 is 0 Å². The number of nitrogens with zero attached hydrogens (tertiary/aromatic N) is 2. The quantitative estimate of drug-likeness (QED) is 0.680. The van der Waals surface area contributed by atoms with Crippen molar-refractivity contribution in [2.24, 2.45) is 5.73 Å². The first kappa shape index (κ1) is 16.9. The van der Waals surface area contributed by atoms with Crippen molar-refractivity contribution in [2.75, 3.05) is 5.32 Å². The molecule has 128 valence electrons. The monoisotopic (exact) mass is 354 g/mol. The number of rotatable bonds is 7. The van der Waals surface area contributed by atoms with Crippen LogP contribution < -0.4 is 15.8 Å². The Bertz CT molecular complexity index is 865. The summed E-state index contributed by atoms with van der Waals surface area (Å²) in [7, 11) is 0. The van der Waals surface area contributed by atoms with Crippen molar-refractivity contribution in [3.05, 3.63) is 69.9 Å². The first-order valence-electron chi connectivity index (χ1n) is 7.72. The number of pyridine rings is 1. The minimum Gasteiger partial charge on any atom is -0.487 e. The predicted molar refractivity (Wildman–Crippen MR) is 97.7 cm³/mol. The summed E-state index contributed by atoms with van der Waals surface area (Å²) in [6.45, 7) is 2.87. The molecule has 25 heavy (non-hydrogen) atoms. The molecule has 1 aromatic carbocycles. The Kier molecular flexibility index (Phi) is 5.25. The number of hydrogen-bond acceptors (Lipinski definition) is 6. The summed E-state index contributed by atoms with van der Waals surface area (Å²) in [5.74, 6) is 0.0705. The molecule has 2 heterocycles. The van der Waals surface area contributed by atoms with Crippen LogP contribution >= 0.6 is 11.3 Å². The average molecular weight is 354 g/mol. The van der Waals surface area contributed by atoms with Crippen LogP contribution in [-0.4, -0.2) is 15.9 Å². The second kappa shape index (κ2) is 7.76. The summed E-state index contributed by atoms with van der Waals surface area (Å²) in [4.78, 5) is 20.1. The van der Waals surface area contributed by atoms with Gasteiger partial charge in [0.05, 0.1) is 16.3 Å². The zero-order valence-electron chi connectivity index (χ0n) is 13.7. The highest BCUT2D eigenvalue weighted by Gasteiger charge is 2.10. The fourth-order valence-corrected chi connectivity index (χ4v) is 2.90. The van der Waals surface area contributed by atoms with Crippen molar-refractivity contribution in [1.29, 1.82) is 0 Å². The lowest BCUT2D eigenvalue weighted by Gasteiger charge is -2.12. The van der Waals surface area contributed by atoms with E-state index in [-0.39, 0.29) is 0 Å². The van der Waals surface area contributed by atoms with Crippen LogP contribution in [0.5, 0.6) is 5.75 Å². The van der Waals surface area contributed by atoms with E-state index in [1.165, 1.54) is 0 Å². The van der Waals surface area contributed by atoms with Crippen molar-refractivity contribution in [3.63, 3.8) is 0 Å². The van der Waals surface area contributed by atoms with E-state index in [0.29, 0.717) is 30.2 Å². The maximum absolute atomic E-state index is 11.8. The van der Waals surface area contributed by atoms with Crippen LogP contribution in [0.2, 0.25) is 0 Å². The standard InChI is InChI=1S/C18H18N4O2S/c1-12-22-14(11-25-12)10-24-15-2-3-17(16(8-15)18(19)23)21-9-13-4-6-20-7-5-13/h2-8,11,21H,9-10H2,1H3,(H2,19,23). The van der Waals surface area contributed by atoms with E-state index in [1.54, 1.807) is 41.9 Å². The Morgan fingerprint density at radius 1 is 1.28 bits per heavy atom. The van der Waals surface area contributed by atoms with Crippen molar-refractivity contribution >= 4 is 22.9 Å². The predicted octanol–water partition coefficient (Wildman–Crippen LogP) is 3.14. The summed E-state index contributed by atoms with van der Waals surface area (Å²) < 4.78 is 5.71. The lowest BCUT2D eigenvalue weighted by atomic mass is 10.1. The minimum atomic E-state index is -0.507. The van der Waals surface area contributed by atoms with E-state index < -0.39 is 5.91 Å². The molecule has 0 aliphatic heterocycles. The van der Waals surface area contributed by atoms with Crippen LogP contribution in [-0.2, 0) is 13.2 Å². The van der Waals surface area contributed by atoms with Gasteiger partial charge in [-0.05, 0) is 42.8 Å². The van der Waals surface area contributed by atoms with Crippen LogP contribution in [0.25, 0.3) is 0 Å². The number of aryl methyl sites for hydroxylation is 1. The van der Waals surface area contributed by atoms with Gasteiger partial charge in [-0.3, -0.25) is 9.78 Å². The molecule has 2 aromatic heterocycles. The molecule has 0 spiro atoms. The van der Waals surface area contributed by atoms with Crippen molar-refractivity contribution in [1.82, 2.24) is 9.97 Å². The SMILES string of the molecule is Cc1nc(COc2ccc(NCc3ccncc3)c(C(N)=O)c2)cs1. The van der Waals surface area contributed by atoms with Gasteiger partial charge in [0.25, 0.3) is 5.91 Å². The number of aromatic nitrogens is 2. The van der Waals surface area contributed by atoms with Gasteiger partial charge < -0.3 is 15.8 Å². The molecule has 0 fully saturated rings. The summed E-state index contributed by atoms with van der Waals surface area (Å²) in [5.41, 5.74) is 8.49. The van der Waals surface area contributed by atoms with Crippen LogP contribution in [0.1, 0.15) is 26.6 Å². The van der Waals surface area contributed by atoms with Crippen LogP contribution in [0.4, 0.5) is 5.69 Å². The highest BCUT2D eigenvalue weighted by atomic mass is 32.1. The van der Waals surface area contributed by atoms with Gasteiger partial charge in [-0.2, -0.15) is 0 Å². The highest BCUT2D eigenvalue weighted by Crippen LogP contribution is 2.23. The number of nitrogens with one attached hydrogen (secondary N) is 1. The lowest BCUT2D eigenvalue weighted by Crippen LogP contribution is -2.14. The Morgan fingerprint density at radius 2 is 2.08 bits per heavy atom. The molecule has 0 atom stereocenters. The van der Waals surface area contributed by atoms with E-state index in [9.17, 15) is 4.79 Å². The van der Waals surface area contributed by atoms with E-state index in [2.05, 4.69) is 15.3 Å². The normalized spacial score (nSPS) is 10.4. The fourth-order valence-electron chi connectivity index (χ4n) is 2.30. The molecular weight excluding hydrogens is 336 g/mol. The maximum atomic E-state index is 11.8. The third-order valence-corrected chi connectivity index (χ3v) is 4.36. The van der Waals surface area contributed by atoms with Gasteiger partial charge in [-0.25, -0.2) is 4.98 Å². The molecule has 3 aromatic rings. The molecule has 0 saturated carbocycles. The van der Waals surface area contributed by atoms with E-state index in [4.69, 9.17) is 10.5 Å². The molecule has 0 unspecified atom stereocenters. The molecule has 0 aliphatic rings. The fraction of sp³-hybridized carbons (Fsp3) is 0.167. The molecule has 3 rings (SSSR count). The number of ether oxygens (including phenoxy) is 1. The molecule has 0 saturated heterocycles. The number of amides is 1. The van der Waals surface area contributed by atoms with Crippen molar-refractivity contribution in [3.8, 4) is 5.75 Å². The van der Waals surface area contributed by atoms with Crippen molar-refractivity contribution in [2.45, 2.75) is 20.1 Å². The first-order chi connectivity index (χ1) is 12.1. The summed E-state index contributed by atoms with van der Waals surface area (Å²) >= 11 is 1.57. The van der Waals surface area contributed by atoms with Gasteiger partial charge in [0.1, 0.15) is 12.4 Å². The zero-order chi connectivity index (χ0) is 17.6. The molecule has 0 radical (unpaired) electrons. The summed E-state index contributed by atoms with van der Waals surface area (Å²) in [5, 5.41) is 6.17. The largest absolute Gasteiger partial charge is 0.487 e. The van der Waals surface area contributed by atoms with Gasteiger partial charge in [-0.1, -0.05) is 0 Å². The zero-order valence-corrected chi connectivity index (χ0v) is 14.5. The van der Waals surface area contributed by atoms with Crippen molar-refractivity contribution < 1.29 is 9.53 Å². The molecular formula is C18H18N4O2S. The van der Waals surface area contributed by atoms with Gasteiger partial charge in [0.2, 0.25) is 0 Å². The summed E-state index contributed by atoms with van der Waals surface area (Å²) in [6, 6.07) is 9.06. The topological polar surface area (TPSA) is 90.1 Å². The lowest BCUT2D eigenvalue weighted by molar-refractivity contribution is 0.100. The van der Waals surface area contributed by atoms with Gasteiger partial charge in [0, 0.05) is 30.0 Å². The van der Waals surface area contributed by atoms with Crippen LogP contribution in [0.15, 0.2) is 48.1 Å². The molecule has 3 N–H and O–H groups in total. The third kappa shape index (κ3) is 4.54. The number of carbonyl (C=O) groups is 1. The van der Waals surface area contributed by atoms with E-state index >= 15 is 0 Å². The molecule has 0 aliphatic carbocycles. The van der Waals surface area contributed by atoms with E-state index in [1.807, 2.05) is 24.4 Å². The average Bonchev–Trinajstić information content (AvgIpc) is 3.04. The Morgan fingerprint density at radius 3 is 2.76 bits per heavy atom. The van der Waals surface area contributed by atoms with Gasteiger partial charge in [0.15, 0.2) is 0 Å². The maximum Gasteiger partial charge on any atom is 0.250 e. The number of nitrogens with two attached hydrogens (primary N) is 1. The Labute approximate surface area is 149 Å². The first-order valence-corrected chi connectivity index (χ1v) is 8.60. The summed E-state index contributed by atoms with van der Waals surface area (Å²) in [6.07, 6.45) is 3.45. The van der Waals surface area contributed by atoms with Gasteiger partial charge in [-0.15, -0.1) is 11.3 Å². The minimum absolute atomic E-state index is 0.354. The second-order valence-corrected chi connectivity index (χ2v) is 6.49. The second-order valence-electron chi connectivity index (χ2n) is 5.43. The Balaban J connectivity index is 1.70. The third-order valence-electron chi connectivity index (χ3n) is 3.54. The molecule has 1 amide bonds. The number of benzene rings is 1. The number of hydrogen-bond donors (Lipinski definition) is 2. The van der Waals surface area contributed by atoms with E-state index in [0.717, 1.165) is 16.3 Å². The highest BCUT2D eigenvalue weighted by molar-refractivity contribution is 7.09. The van der Waals surface area contributed by atoms with Crippen LogP contribution in [0, 0.1) is 6.92 Å². The smallest absolute Gasteiger partial charge is 0.250 e. The molecule has 7 heteroatoms. The molecule has 6 nitrogen and oxygen atoms in total. The molecule has 0 bridgehead atoms. The Hall–Kier alpha value is -2.93. The number of thiazole rings is 1. The number of primary amides is 1. The number of anilines is 1. The number of carbonyl (C=O) groups excluding carboxylic acids is 1.